The molecule has 0 radical (unpaired) electrons. The highest BCUT2D eigenvalue weighted by Gasteiger charge is 2.11. The van der Waals surface area contributed by atoms with E-state index >= 15 is 0 Å². The number of nitrogens with zero attached hydrogens (tertiary/aromatic N) is 4. The summed E-state index contributed by atoms with van der Waals surface area (Å²) in [5.74, 6) is 0.794. The van der Waals surface area contributed by atoms with Crippen molar-refractivity contribution in [2.75, 3.05) is 6.54 Å². The zero-order chi connectivity index (χ0) is 14.5. The number of nitrogens with one attached hydrogen (secondary N) is 1. The Labute approximate surface area is 125 Å². The molecule has 1 aromatic heterocycles. The van der Waals surface area contributed by atoms with Crippen LogP contribution in [-0.2, 0) is 11.3 Å². The lowest BCUT2D eigenvalue weighted by Crippen LogP contribution is -2.31. The second-order valence-electron chi connectivity index (χ2n) is 4.82. The number of hydrogen-bond donors (Lipinski definition) is 1. The second-order valence-corrected chi connectivity index (χ2v) is 5.68. The smallest absolute Gasteiger partial charge is 0.243 e. The lowest BCUT2D eigenvalue weighted by atomic mass is 10.2. The van der Waals surface area contributed by atoms with Gasteiger partial charge in [-0.15, -0.1) is 10.2 Å². The minimum Gasteiger partial charge on any atom is -0.354 e. The highest BCUT2D eigenvalue weighted by molar-refractivity contribution is 9.10. The third kappa shape index (κ3) is 3.86. The first-order valence-corrected chi connectivity index (χ1v) is 7.15. The van der Waals surface area contributed by atoms with E-state index in [9.17, 15) is 4.79 Å². The van der Waals surface area contributed by atoms with Crippen molar-refractivity contribution in [2.45, 2.75) is 20.4 Å². The molecule has 1 heterocycles. The molecule has 1 aromatic carbocycles. The minimum absolute atomic E-state index is 0.0736. The van der Waals surface area contributed by atoms with E-state index in [4.69, 9.17) is 0 Å². The molecule has 0 fully saturated rings. The fraction of sp³-hybridized carbons (Fsp3) is 0.385. The van der Waals surface area contributed by atoms with Crippen molar-refractivity contribution in [2.24, 2.45) is 5.92 Å². The molecule has 0 spiro atoms. The Bertz CT molecular complexity index is 596. The van der Waals surface area contributed by atoms with Crippen LogP contribution in [0.25, 0.3) is 11.4 Å². The minimum atomic E-state index is -0.116. The van der Waals surface area contributed by atoms with E-state index < -0.39 is 0 Å². The monoisotopic (exact) mass is 337 g/mol. The van der Waals surface area contributed by atoms with Crippen LogP contribution in [0, 0.1) is 5.92 Å². The molecule has 0 aliphatic heterocycles. The van der Waals surface area contributed by atoms with Crippen LogP contribution in [0.15, 0.2) is 28.7 Å². The van der Waals surface area contributed by atoms with E-state index in [1.165, 1.54) is 4.80 Å². The summed E-state index contributed by atoms with van der Waals surface area (Å²) in [6.07, 6.45) is 0. The number of hydrogen-bond acceptors (Lipinski definition) is 4. The number of aromatic nitrogens is 4. The van der Waals surface area contributed by atoms with Crippen molar-refractivity contribution in [3.8, 4) is 11.4 Å². The molecule has 0 bridgehead atoms. The summed E-state index contributed by atoms with van der Waals surface area (Å²) in [7, 11) is 0. The maximum Gasteiger partial charge on any atom is 0.243 e. The Kier molecular flexibility index (Phi) is 4.84. The van der Waals surface area contributed by atoms with Crippen LogP contribution in [0.5, 0.6) is 0 Å². The number of carbonyl (C=O) groups is 1. The van der Waals surface area contributed by atoms with Crippen LogP contribution in [0.1, 0.15) is 13.8 Å². The van der Waals surface area contributed by atoms with E-state index in [-0.39, 0.29) is 12.5 Å². The van der Waals surface area contributed by atoms with E-state index in [0.29, 0.717) is 18.3 Å². The van der Waals surface area contributed by atoms with Gasteiger partial charge in [-0.1, -0.05) is 41.9 Å². The summed E-state index contributed by atoms with van der Waals surface area (Å²) in [6.45, 7) is 4.80. The standard InChI is InChI=1S/C13H16BrN5O/c1-9(2)7-15-12(20)8-19-17-13(16-18-19)10-5-3-4-6-11(10)14/h3-6,9H,7-8H2,1-2H3,(H,15,20). The zero-order valence-corrected chi connectivity index (χ0v) is 13.0. The number of tetrazole rings is 1. The molecule has 0 aliphatic carbocycles. The summed E-state index contributed by atoms with van der Waals surface area (Å²) in [5.41, 5.74) is 0.848. The van der Waals surface area contributed by atoms with E-state index in [1.807, 2.05) is 38.1 Å². The number of carbonyl (C=O) groups excluding carboxylic acids is 1. The molecule has 6 nitrogen and oxygen atoms in total. The van der Waals surface area contributed by atoms with Crippen LogP contribution < -0.4 is 5.32 Å². The van der Waals surface area contributed by atoms with Gasteiger partial charge in [-0.3, -0.25) is 4.79 Å². The fourth-order valence-electron chi connectivity index (χ4n) is 1.56. The molecule has 0 saturated heterocycles. The number of benzene rings is 1. The van der Waals surface area contributed by atoms with Gasteiger partial charge in [-0.05, 0) is 23.3 Å². The maximum atomic E-state index is 11.7. The van der Waals surface area contributed by atoms with E-state index in [2.05, 4.69) is 36.7 Å². The van der Waals surface area contributed by atoms with Gasteiger partial charge in [0, 0.05) is 16.6 Å². The Morgan fingerprint density at radius 2 is 2.15 bits per heavy atom. The van der Waals surface area contributed by atoms with Gasteiger partial charge in [-0.2, -0.15) is 4.80 Å². The van der Waals surface area contributed by atoms with Crippen LogP contribution in [-0.4, -0.2) is 32.7 Å². The Morgan fingerprint density at radius 1 is 1.40 bits per heavy atom. The number of halogens is 1. The second kappa shape index (κ2) is 6.60. The summed E-state index contributed by atoms with van der Waals surface area (Å²) in [5, 5.41) is 14.9. The molecule has 0 atom stereocenters. The van der Waals surface area contributed by atoms with Crippen molar-refractivity contribution in [1.82, 2.24) is 25.5 Å². The average molecular weight is 338 g/mol. The number of rotatable bonds is 5. The predicted molar refractivity (Wildman–Crippen MR) is 78.8 cm³/mol. The van der Waals surface area contributed by atoms with Gasteiger partial charge in [-0.25, -0.2) is 0 Å². The lowest BCUT2D eigenvalue weighted by molar-refractivity contribution is -0.122. The maximum absolute atomic E-state index is 11.7. The van der Waals surface area contributed by atoms with Gasteiger partial charge in [0.2, 0.25) is 11.7 Å². The van der Waals surface area contributed by atoms with Crippen LogP contribution in [0.4, 0.5) is 0 Å². The first-order chi connectivity index (χ1) is 9.56. The van der Waals surface area contributed by atoms with Gasteiger partial charge in [0.25, 0.3) is 0 Å². The molecule has 0 aliphatic rings. The Morgan fingerprint density at radius 3 is 2.85 bits per heavy atom. The van der Waals surface area contributed by atoms with Crippen molar-refractivity contribution in [1.29, 1.82) is 0 Å². The van der Waals surface area contributed by atoms with E-state index in [1.54, 1.807) is 0 Å². The zero-order valence-electron chi connectivity index (χ0n) is 11.4. The molecule has 0 unspecified atom stereocenters. The molecule has 2 aromatic rings. The summed E-state index contributed by atoms with van der Waals surface area (Å²) < 4.78 is 0.892. The molecule has 20 heavy (non-hydrogen) atoms. The van der Waals surface area contributed by atoms with Crippen LogP contribution in [0.2, 0.25) is 0 Å². The summed E-state index contributed by atoms with van der Waals surface area (Å²) in [4.78, 5) is 13.0. The topological polar surface area (TPSA) is 72.7 Å². The SMILES string of the molecule is CC(C)CNC(=O)Cn1nnc(-c2ccccc2Br)n1. The molecule has 1 N–H and O–H groups in total. The molecular weight excluding hydrogens is 322 g/mol. The first kappa shape index (κ1) is 14.6. The third-order valence-electron chi connectivity index (χ3n) is 2.56. The highest BCUT2D eigenvalue weighted by Crippen LogP contribution is 2.23. The lowest BCUT2D eigenvalue weighted by Gasteiger charge is -2.06. The first-order valence-electron chi connectivity index (χ1n) is 6.35. The largest absolute Gasteiger partial charge is 0.354 e. The Balaban J connectivity index is 2.03. The normalized spacial score (nSPS) is 10.8. The molecule has 0 saturated carbocycles. The van der Waals surface area contributed by atoms with Gasteiger partial charge < -0.3 is 5.32 Å². The summed E-state index contributed by atoms with van der Waals surface area (Å²) >= 11 is 3.44. The van der Waals surface area contributed by atoms with Crippen molar-refractivity contribution >= 4 is 21.8 Å². The fourth-order valence-corrected chi connectivity index (χ4v) is 2.02. The van der Waals surface area contributed by atoms with Crippen LogP contribution in [0.3, 0.4) is 0 Å². The van der Waals surface area contributed by atoms with Gasteiger partial charge in [0.1, 0.15) is 6.54 Å². The van der Waals surface area contributed by atoms with Crippen molar-refractivity contribution in [3.63, 3.8) is 0 Å². The quantitative estimate of drug-likeness (QED) is 0.903. The summed E-state index contributed by atoms with van der Waals surface area (Å²) in [6, 6.07) is 7.61. The Hall–Kier alpha value is -1.76. The van der Waals surface area contributed by atoms with Crippen molar-refractivity contribution in [3.05, 3.63) is 28.7 Å². The molecule has 2 rings (SSSR count). The molecule has 1 amide bonds. The van der Waals surface area contributed by atoms with Crippen molar-refractivity contribution < 1.29 is 4.79 Å². The molecule has 106 valence electrons. The predicted octanol–water partition coefficient (Wildman–Crippen LogP) is 1.87. The average Bonchev–Trinajstić information content (AvgIpc) is 2.85. The van der Waals surface area contributed by atoms with Gasteiger partial charge in [0.15, 0.2) is 0 Å². The van der Waals surface area contributed by atoms with Gasteiger partial charge >= 0.3 is 0 Å². The third-order valence-corrected chi connectivity index (χ3v) is 3.25. The van der Waals surface area contributed by atoms with Crippen LogP contribution >= 0.6 is 15.9 Å². The number of amides is 1. The molecular formula is C13H16BrN5O. The van der Waals surface area contributed by atoms with Gasteiger partial charge in [0.05, 0.1) is 0 Å². The molecule has 7 heteroatoms. The van der Waals surface area contributed by atoms with E-state index in [0.717, 1.165) is 10.0 Å². The highest BCUT2D eigenvalue weighted by atomic mass is 79.9.